The molecule has 1 aliphatic heterocycles. The SMILES string of the molecule is [Se-][P+]1(c2ccccc2)C[P+]([Se-])(c2ccccc2)[Se][Se]1. The number of hydrogen-bond acceptors (Lipinski definition) is 0. The molecule has 2 atom stereocenters. The maximum atomic E-state index is 3.66. The number of hydrogen-bond donors (Lipinski definition) is 0. The minimum atomic E-state index is -0.976. The Kier molecular flexibility index (Phi) is 5.02. The molecule has 1 heterocycles. The Labute approximate surface area is 141 Å². The molecule has 6 heteroatoms. The molecule has 3 rings (SSSR count). The van der Waals surface area contributed by atoms with Gasteiger partial charge in [-0.05, 0) is 0 Å². The van der Waals surface area contributed by atoms with Gasteiger partial charge in [0.05, 0.1) is 0 Å². The molecular weight excluding hydrogens is 534 g/mol. The Balaban J connectivity index is 1.92. The van der Waals surface area contributed by atoms with E-state index in [1.807, 2.05) is 0 Å². The standard InChI is InChI=1S/C13H12P2Se4/c16-14(12-7-3-1-4-8-12)11-15(17,19-18-14)13-9-5-2-6-10-13/h1-10H,11H2. The third-order valence-corrected chi connectivity index (χ3v) is 70.1. The Bertz CT molecular complexity index is 514. The van der Waals surface area contributed by atoms with Crippen molar-refractivity contribution in [3.63, 3.8) is 0 Å². The van der Waals surface area contributed by atoms with E-state index in [-0.39, 0.29) is 0 Å². The quantitative estimate of drug-likeness (QED) is 0.400. The van der Waals surface area contributed by atoms with Gasteiger partial charge in [-0.2, -0.15) is 0 Å². The van der Waals surface area contributed by atoms with Crippen LogP contribution in [-0.4, -0.2) is 62.4 Å². The Morgan fingerprint density at radius 2 is 1.05 bits per heavy atom. The normalized spacial score (nSPS) is 30.4. The van der Waals surface area contributed by atoms with Crippen molar-refractivity contribution >= 4 is 76.4 Å². The van der Waals surface area contributed by atoms with Crippen LogP contribution in [0.5, 0.6) is 0 Å². The van der Waals surface area contributed by atoms with Gasteiger partial charge < -0.3 is 0 Å². The summed E-state index contributed by atoms with van der Waals surface area (Å²) in [6.07, 6.45) is 0. The van der Waals surface area contributed by atoms with Gasteiger partial charge in [-0.25, -0.2) is 0 Å². The zero-order chi connectivity index (χ0) is 13.3. The summed E-state index contributed by atoms with van der Waals surface area (Å²) < 4.78 is -1.95. The number of rotatable bonds is 2. The third kappa shape index (κ3) is 3.26. The summed E-state index contributed by atoms with van der Waals surface area (Å²) in [7, 11) is 0. The first-order valence-corrected chi connectivity index (χ1v) is 22.9. The molecule has 0 amide bonds. The van der Waals surface area contributed by atoms with Gasteiger partial charge in [0.25, 0.3) is 0 Å². The molecule has 2 aromatic rings. The zero-order valence-electron chi connectivity index (χ0n) is 10.0. The summed E-state index contributed by atoms with van der Waals surface area (Å²) in [5.74, 6) is 1.41. The molecule has 0 spiro atoms. The average Bonchev–Trinajstić information content (AvgIpc) is 2.80. The fourth-order valence-corrected chi connectivity index (χ4v) is 108. The second-order valence-electron chi connectivity index (χ2n) is 4.31. The van der Waals surface area contributed by atoms with Crippen LogP contribution in [-0.2, 0) is 0 Å². The van der Waals surface area contributed by atoms with Gasteiger partial charge in [0, 0.05) is 0 Å². The third-order valence-electron chi connectivity index (χ3n) is 2.95. The summed E-state index contributed by atoms with van der Waals surface area (Å²) in [5.41, 5.74) is 0. The van der Waals surface area contributed by atoms with E-state index in [0.717, 1.165) is 25.4 Å². The molecule has 1 saturated heterocycles. The summed E-state index contributed by atoms with van der Waals surface area (Å²) >= 11 is 8.92. The van der Waals surface area contributed by atoms with Crippen LogP contribution in [0.2, 0.25) is 0 Å². The summed E-state index contributed by atoms with van der Waals surface area (Å²) in [6.45, 7) is 0. The molecule has 98 valence electrons. The predicted octanol–water partition coefficient (Wildman–Crippen LogP) is 1.96. The van der Waals surface area contributed by atoms with E-state index in [9.17, 15) is 0 Å². The first-order valence-electron chi connectivity index (χ1n) is 5.80. The first-order chi connectivity index (χ1) is 9.12. The molecule has 2 unspecified atom stereocenters. The Hall–Kier alpha value is 1.38. The average molecular weight is 546 g/mol. The van der Waals surface area contributed by atoms with Crippen LogP contribution < -0.4 is 10.6 Å². The molecule has 19 heavy (non-hydrogen) atoms. The fraction of sp³-hybridized carbons (Fsp3) is 0.0769. The second-order valence-corrected chi connectivity index (χ2v) is 43.8. The molecule has 0 radical (unpaired) electrons. The van der Waals surface area contributed by atoms with E-state index < -0.39 is 9.28 Å². The molecule has 0 aliphatic carbocycles. The van der Waals surface area contributed by atoms with Crippen LogP contribution in [0, 0.1) is 0 Å². The van der Waals surface area contributed by atoms with Crippen molar-refractivity contribution in [2.75, 3.05) is 5.90 Å². The van der Waals surface area contributed by atoms with Gasteiger partial charge in [-0.3, -0.25) is 0 Å². The van der Waals surface area contributed by atoms with E-state index in [2.05, 4.69) is 91.8 Å². The summed E-state index contributed by atoms with van der Waals surface area (Å²) in [5, 5.41) is 3.20. The van der Waals surface area contributed by atoms with E-state index >= 15 is 0 Å². The fourth-order valence-electron chi connectivity index (χ4n) is 1.96. The van der Waals surface area contributed by atoms with Crippen LogP contribution >= 0.6 is 9.28 Å². The van der Waals surface area contributed by atoms with E-state index in [4.69, 9.17) is 0 Å². The van der Waals surface area contributed by atoms with Crippen molar-refractivity contribution < 1.29 is 0 Å². The van der Waals surface area contributed by atoms with Gasteiger partial charge >= 0.3 is 143 Å². The first kappa shape index (κ1) is 15.3. The zero-order valence-corrected chi connectivity index (χ0v) is 18.6. The molecule has 1 fully saturated rings. The van der Waals surface area contributed by atoms with Crippen molar-refractivity contribution in [3.8, 4) is 0 Å². The predicted molar refractivity (Wildman–Crippen MR) is 93.9 cm³/mol. The van der Waals surface area contributed by atoms with Crippen molar-refractivity contribution in [2.45, 2.75) is 0 Å². The number of benzene rings is 2. The molecule has 0 N–H and O–H groups in total. The van der Waals surface area contributed by atoms with Crippen molar-refractivity contribution in [1.82, 2.24) is 0 Å². The van der Waals surface area contributed by atoms with Gasteiger partial charge in [0.1, 0.15) is 0 Å². The Morgan fingerprint density at radius 3 is 1.42 bits per heavy atom. The molecule has 1 aliphatic rings. The van der Waals surface area contributed by atoms with Gasteiger partial charge in [-0.1, -0.05) is 0 Å². The van der Waals surface area contributed by atoms with Gasteiger partial charge in [0.15, 0.2) is 0 Å². The van der Waals surface area contributed by atoms with E-state index in [0.29, 0.717) is 0 Å². The van der Waals surface area contributed by atoms with Crippen LogP contribution in [0.3, 0.4) is 0 Å². The molecular formula is C13H12P2Se4. The molecule has 0 aromatic heterocycles. The summed E-state index contributed by atoms with van der Waals surface area (Å²) in [6, 6.07) is 22.4. The Morgan fingerprint density at radius 1 is 0.684 bits per heavy atom. The van der Waals surface area contributed by atoms with Crippen LogP contribution in [0.4, 0.5) is 0 Å². The maximum absolute atomic E-state index is 3.66. The van der Waals surface area contributed by atoms with Crippen LogP contribution in [0.1, 0.15) is 0 Å². The van der Waals surface area contributed by atoms with Crippen molar-refractivity contribution in [1.29, 1.82) is 0 Å². The molecule has 0 nitrogen and oxygen atoms in total. The second kappa shape index (κ2) is 6.24. The van der Waals surface area contributed by atoms with E-state index in [1.54, 1.807) is 10.6 Å². The monoisotopic (exact) mass is 550 g/mol. The van der Waals surface area contributed by atoms with Crippen molar-refractivity contribution in [2.24, 2.45) is 0 Å². The van der Waals surface area contributed by atoms with Gasteiger partial charge in [0.2, 0.25) is 0 Å². The van der Waals surface area contributed by atoms with E-state index in [1.165, 1.54) is 5.90 Å². The minimum absolute atomic E-state index is 0.802. The topological polar surface area (TPSA) is 0 Å². The molecule has 0 saturated carbocycles. The van der Waals surface area contributed by atoms with Crippen LogP contribution in [0.15, 0.2) is 60.7 Å². The molecule has 0 bridgehead atoms. The molecule has 2 aromatic carbocycles. The van der Waals surface area contributed by atoms with Gasteiger partial charge in [-0.15, -0.1) is 0 Å². The van der Waals surface area contributed by atoms with Crippen molar-refractivity contribution in [3.05, 3.63) is 60.7 Å². The van der Waals surface area contributed by atoms with Crippen LogP contribution in [0.25, 0.3) is 0 Å². The summed E-state index contributed by atoms with van der Waals surface area (Å²) in [4.78, 5) is 0.